The average molecular weight is 344 g/mol. The van der Waals surface area contributed by atoms with Crippen molar-refractivity contribution in [1.29, 1.82) is 0 Å². The van der Waals surface area contributed by atoms with E-state index in [9.17, 15) is 8.42 Å². The minimum Gasteiger partial charge on any atom is -0.313 e. The fraction of sp³-hybridized carbons (Fsp3) is 0.455. The number of sulfonamides is 1. The summed E-state index contributed by atoms with van der Waals surface area (Å²) >= 11 is 17.6. The fourth-order valence-electron chi connectivity index (χ4n) is 2.00. The Labute approximate surface area is 127 Å². The maximum absolute atomic E-state index is 12.2. The van der Waals surface area contributed by atoms with Gasteiger partial charge >= 0.3 is 0 Å². The summed E-state index contributed by atoms with van der Waals surface area (Å²) in [5, 5.41) is 3.54. The van der Waals surface area contributed by atoms with Crippen molar-refractivity contribution in [3.63, 3.8) is 0 Å². The Morgan fingerprint density at radius 2 is 1.89 bits per heavy atom. The van der Waals surface area contributed by atoms with E-state index >= 15 is 0 Å². The maximum atomic E-state index is 12.2. The maximum Gasteiger partial charge on any atom is 0.243 e. The van der Waals surface area contributed by atoms with Crippen molar-refractivity contribution in [3.05, 3.63) is 27.2 Å². The second kappa shape index (κ2) is 6.16. The van der Waals surface area contributed by atoms with E-state index in [1.807, 2.05) is 0 Å². The van der Waals surface area contributed by atoms with Crippen LogP contribution < -0.4 is 10.0 Å². The lowest BCUT2D eigenvalue weighted by atomic mass is 10.2. The lowest BCUT2D eigenvalue weighted by Crippen LogP contribution is -2.37. The third kappa shape index (κ3) is 3.74. The van der Waals surface area contributed by atoms with Crippen molar-refractivity contribution in [3.8, 4) is 0 Å². The molecule has 8 heteroatoms. The van der Waals surface area contributed by atoms with Crippen LogP contribution in [0, 0.1) is 0 Å². The largest absolute Gasteiger partial charge is 0.313 e. The molecule has 1 aliphatic heterocycles. The molecule has 4 nitrogen and oxygen atoms in total. The van der Waals surface area contributed by atoms with Gasteiger partial charge in [0.05, 0.1) is 10.0 Å². The Bertz CT molecular complexity index is 548. The van der Waals surface area contributed by atoms with Crippen molar-refractivity contribution >= 4 is 44.8 Å². The zero-order valence-corrected chi connectivity index (χ0v) is 13.0. The Hall–Kier alpha value is -0.0400. The van der Waals surface area contributed by atoms with Crippen LogP contribution in [0.5, 0.6) is 0 Å². The third-order valence-corrected chi connectivity index (χ3v) is 5.48. The van der Waals surface area contributed by atoms with Crippen LogP contribution in [-0.4, -0.2) is 27.5 Å². The van der Waals surface area contributed by atoms with Gasteiger partial charge in [-0.3, -0.25) is 0 Å². The van der Waals surface area contributed by atoms with Crippen LogP contribution in [0.2, 0.25) is 15.1 Å². The van der Waals surface area contributed by atoms with E-state index in [4.69, 9.17) is 34.8 Å². The van der Waals surface area contributed by atoms with E-state index in [2.05, 4.69) is 10.0 Å². The number of nitrogens with one attached hydrogen (secondary N) is 2. The van der Waals surface area contributed by atoms with Gasteiger partial charge in [-0.1, -0.05) is 34.8 Å². The molecule has 106 valence electrons. The summed E-state index contributed by atoms with van der Waals surface area (Å²) in [6.07, 6.45) is 2.00. The van der Waals surface area contributed by atoms with Gasteiger partial charge in [0.1, 0.15) is 4.90 Å². The van der Waals surface area contributed by atoms with Gasteiger partial charge in [-0.05, 0) is 31.5 Å². The summed E-state index contributed by atoms with van der Waals surface area (Å²) in [6, 6.07) is 2.87. The number of benzene rings is 1. The molecule has 19 heavy (non-hydrogen) atoms. The lowest BCUT2D eigenvalue weighted by molar-refractivity contribution is 0.552. The minimum absolute atomic E-state index is 0.0179. The monoisotopic (exact) mass is 342 g/mol. The van der Waals surface area contributed by atoms with Crippen molar-refractivity contribution in [1.82, 2.24) is 10.0 Å². The average Bonchev–Trinajstić information content (AvgIpc) is 2.77. The highest BCUT2D eigenvalue weighted by atomic mass is 35.5. The SMILES string of the molecule is O=S(=O)(NCC1CCCN1)c1c(Cl)cc(Cl)cc1Cl. The molecule has 1 aromatic rings. The summed E-state index contributed by atoms with van der Waals surface area (Å²) in [5.74, 6) is 0. The molecule has 2 N–H and O–H groups in total. The molecule has 0 spiro atoms. The number of rotatable bonds is 4. The van der Waals surface area contributed by atoms with Gasteiger partial charge in [0, 0.05) is 17.6 Å². The van der Waals surface area contributed by atoms with E-state index < -0.39 is 10.0 Å². The second-order valence-corrected chi connectivity index (χ2v) is 7.30. The Kier molecular flexibility index (Phi) is 4.98. The zero-order chi connectivity index (χ0) is 14.0. The van der Waals surface area contributed by atoms with Crippen LogP contribution in [-0.2, 0) is 10.0 Å². The molecule has 1 atom stereocenters. The first-order valence-electron chi connectivity index (χ1n) is 5.78. The summed E-state index contributed by atoms with van der Waals surface area (Å²) in [7, 11) is -3.74. The van der Waals surface area contributed by atoms with Crippen LogP contribution in [0.15, 0.2) is 17.0 Å². The molecule has 0 aliphatic carbocycles. The van der Waals surface area contributed by atoms with Crippen molar-refractivity contribution < 1.29 is 8.42 Å². The second-order valence-electron chi connectivity index (χ2n) is 4.34. The molecule has 1 saturated heterocycles. The lowest BCUT2D eigenvalue weighted by Gasteiger charge is -2.14. The summed E-state index contributed by atoms with van der Waals surface area (Å²) in [6.45, 7) is 1.23. The normalized spacial score (nSPS) is 19.8. The fourth-order valence-corrected chi connectivity index (χ4v) is 4.62. The van der Waals surface area contributed by atoms with Gasteiger partial charge in [-0.25, -0.2) is 13.1 Å². The summed E-state index contributed by atoms with van der Waals surface area (Å²) in [4.78, 5) is -0.127. The smallest absolute Gasteiger partial charge is 0.243 e. The quantitative estimate of drug-likeness (QED) is 0.883. The molecule has 1 unspecified atom stereocenters. The molecule has 0 aromatic heterocycles. The molecule has 1 aliphatic rings. The van der Waals surface area contributed by atoms with E-state index in [0.717, 1.165) is 19.4 Å². The minimum atomic E-state index is -3.74. The van der Waals surface area contributed by atoms with Crippen LogP contribution in [0.1, 0.15) is 12.8 Å². The Morgan fingerprint density at radius 3 is 2.42 bits per heavy atom. The Balaban J connectivity index is 2.19. The summed E-state index contributed by atoms with van der Waals surface area (Å²) < 4.78 is 26.9. The zero-order valence-electron chi connectivity index (χ0n) is 9.92. The molecule has 1 heterocycles. The summed E-state index contributed by atoms with van der Waals surface area (Å²) in [5.41, 5.74) is 0. The van der Waals surface area contributed by atoms with Crippen molar-refractivity contribution in [2.24, 2.45) is 0 Å². The predicted octanol–water partition coefficient (Wildman–Crippen LogP) is 2.68. The molecule has 0 bridgehead atoms. The first-order valence-corrected chi connectivity index (χ1v) is 8.39. The van der Waals surface area contributed by atoms with Crippen LogP contribution in [0.25, 0.3) is 0 Å². The third-order valence-electron chi connectivity index (χ3n) is 2.91. The van der Waals surface area contributed by atoms with Crippen LogP contribution in [0.4, 0.5) is 0 Å². The molecule has 2 rings (SSSR count). The topological polar surface area (TPSA) is 58.2 Å². The van der Waals surface area contributed by atoms with E-state index in [-0.39, 0.29) is 21.0 Å². The van der Waals surface area contributed by atoms with E-state index in [1.54, 1.807) is 0 Å². The van der Waals surface area contributed by atoms with Gasteiger partial charge < -0.3 is 5.32 Å². The molecule has 0 amide bonds. The first-order chi connectivity index (χ1) is 8.90. The van der Waals surface area contributed by atoms with E-state index in [0.29, 0.717) is 11.6 Å². The van der Waals surface area contributed by atoms with Crippen LogP contribution in [0.3, 0.4) is 0 Å². The highest BCUT2D eigenvalue weighted by Crippen LogP contribution is 2.32. The first kappa shape index (κ1) is 15.4. The van der Waals surface area contributed by atoms with Crippen LogP contribution >= 0.6 is 34.8 Å². The van der Waals surface area contributed by atoms with Gasteiger partial charge in [-0.2, -0.15) is 0 Å². The van der Waals surface area contributed by atoms with E-state index in [1.165, 1.54) is 12.1 Å². The number of halogens is 3. The predicted molar refractivity (Wildman–Crippen MR) is 77.7 cm³/mol. The van der Waals surface area contributed by atoms with Crippen molar-refractivity contribution in [2.75, 3.05) is 13.1 Å². The molecule has 1 fully saturated rings. The highest BCUT2D eigenvalue weighted by Gasteiger charge is 2.24. The Morgan fingerprint density at radius 1 is 1.26 bits per heavy atom. The van der Waals surface area contributed by atoms with Crippen molar-refractivity contribution in [2.45, 2.75) is 23.8 Å². The number of hydrogen-bond donors (Lipinski definition) is 2. The molecule has 1 aromatic carbocycles. The van der Waals surface area contributed by atoms with Gasteiger partial charge in [0.15, 0.2) is 0 Å². The molecular weight excluding hydrogens is 331 g/mol. The van der Waals surface area contributed by atoms with Gasteiger partial charge in [0.25, 0.3) is 0 Å². The highest BCUT2D eigenvalue weighted by molar-refractivity contribution is 7.89. The molecular formula is C11H13Cl3N2O2S. The number of hydrogen-bond acceptors (Lipinski definition) is 3. The van der Waals surface area contributed by atoms with Gasteiger partial charge in [-0.15, -0.1) is 0 Å². The standard InChI is InChI=1S/C11H13Cl3N2O2S/c12-7-4-9(13)11(10(14)5-7)19(17,18)16-6-8-2-1-3-15-8/h4-5,8,15-16H,1-3,6H2. The molecule has 0 saturated carbocycles. The van der Waals surface area contributed by atoms with Gasteiger partial charge in [0.2, 0.25) is 10.0 Å². The molecule has 0 radical (unpaired) electrons.